The lowest BCUT2D eigenvalue weighted by atomic mass is 10.0. The van der Waals surface area contributed by atoms with Gasteiger partial charge in [0.25, 0.3) is 0 Å². The third-order valence-corrected chi connectivity index (χ3v) is 2.38. The Labute approximate surface area is 115 Å². The molecule has 0 saturated carbocycles. The van der Waals surface area contributed by atoms with Crippen molar-refractivity contribution in [1.29, 1.82) is 0 Å². The van der Waals surface area contributed by atoms with Crippen LogP contribution in [0.2, 0.25) is 5.02 Å². The molecule has 7 heteroatoms. The van der Waals surface area contributed by atoms with Crippen LogP contribution in [0.1, 0.15) is 18.5 Å². The molecule has 0 bridgehead atoms. The fourth-order valence-corrected chi connectivity index (χ4v) is 1.46. The lowest BCUT2D eigenvalue weighted by Gasteiger charge is -2.21. The van der Waals surface area contributed by atoms with Crippen molar-refractivity contribution < 1.29 is 18.3 Å². The Morgan fingerprint density at radius 2 is 2.17 bits per heavy atom. The Hall–Kier alpha value is -0.910. The number of rotatable bonds is 4. The maximum atomic E-state index is 13.6. The Morgan fingerprint density at radius 1 is 1.56 bits per heavy atom. The maximum Gasteiger partial charge on any atom is 0.379 e. The molecule has 0 saturated heterocycles. The van der Waals surface area contributed by atoms with Crippen molar-refractivity contribution >= 4 is 30.0 Å². The van der Waals surface area contributed by atoms with E-state index in [1.54, 1.807) is 0 Å². The average Bonchev–Trinajstić information content (AvgIpc) is 2.28. The first-order chi connectivity index (χ1) is 7.89. The van der Waals surface area contributed by atoms with E-state index in [0.29, 0.717) is 0 Å². The van der Waals surface area contributed by atoms with E-state index in [1.807, 2.05) is 0 Å². The van der Waals surface area contributed by atoms with Gasteiger partial charge in [0.2, 0.25) is 0 Å². The topological polar surface area (TPSA) is 52.3 Å². The molecule has 0 aromatic heterocycles. The number of esters is 1. The number of carbonyl (C=O) groups is 1. The van der Waals surface area contributed by atoms with E-state index >= 15 is 0 Å². The van der Waals surface area contributed by atoms with Gasteiger partial charge in [0.1, 0.15) is 6.04 Å². The fourth-order valence-electron chi connectivity index (χ4n) is 1.26. The second-order valence-corrected chi connectivity index (χ2v) is 3.81. The molecule has 102 valence electrons. The van der Waals surface area contributed by atoms with Gasteiger partial charge in [-0.15, -0.1) is 12.4 Å². The highest BCUT2D eigenvalue weighted by Gasteiger charge is 2.47. The number of hydrogen-bond donors (Lipinski definition) is 1. The summed E-state index contributed by atoms with van der Waals surface area (Å²) in [6, 6.07) is 3.91. The highest BCUT2D eigenvalue weighted by Crippen LogP contribution is 2.31. The van der Waals surface area contributed by atoms with Crippen LogP contribution in [0.5, 0.6) is 0 Å². The van der Waals surface area contributed by atoms with Gasteiger partial charge in [-0.3, -0.25) is 0 Å². The standard InChI is InChI=1S/C11H12ClF2NO2.ClH/c1-2-17-10(16)11(13,14)9(15)7-4-3-5-8(12)6-7;/h3-6,9H,2,15H2,1H3;1H/t9-;/m0./s1. The average molecular weight is 300 g/mol. The summed E-state index contributed by atoms with van der Waals surface area (Å²) < 4.78 is 31.4. The van der Waals surface area contributed by atoms with E-state index in [9.17, 15) is 13.6 Å². The normalized spacial score (nSPS) is 12.5. The Balaban J connectivity index is 0.00000289. The monoisotopic (exact) mass is 299 g/mol. The predicted molar refractivity (Wildman–Crippen MR) is 67.2 cm³/mol. The number of alkyl halides is 2. The molecule has 1 rings (SSSR count). The molecular weight excluding hydrogens is 287 g/mol. The molecule has 1 aromatic carbocycles. The van der Waals surface area contributed by atoms with E-state index in [-0.39, 0.29) is 29.6 Å². The molecule has 2 N–H and O–H groups in total. The smallest absolute Gasteiger partial charge is 0.379 e. The Kier molecular flexibility index (Phi) is 6.52. The molecule has 0 fully saturated rings. The van der Waals surface area contributed by atoms with Crippen LogP contribution in [0.4, 0.5) is 8.78 Å². The van der Waals surface area contributed by atoms with Crippen LogP contribution >= 0.6 is 24.0 Å². The summed E-state index contributed by atoms with van der Waals surface area (Å²) in [7, 11) is 0. The molecule has 18 heavy (non-hydrogen) atoms. The van der Waals surface area contributed by atoms with Crippen LogP contribution in [0.3, 0.4) is 0 Å². The van der Waals surface area contributed by atoms with Gasteiger partial charge in [-0.1, -0.05) is 23.7 Å². The van der Waals surface area contributed by atoms with E-state index in [1.165, 1.54) is 31.2 Å². The van der Waals surface area contributed by atoms with Crippen LogP contribution in [0.25, 0.3) is 0 Å². The summed E-state index contributed by atoms with van der Waals surface area (Å²) in [5, 5.41) is 0.276. The van der Waals surface area contributed by atoms with E-state index in [2.05, 4.69) is 4.74 Å². The summed E-state index contributed by atoms with van der Waals surface area (Å²) in [6.45, 7) is 1.32. The van der Waals surface area contributed by atoms with Gasteiger partial charge in [0.05, 0.1) is 6.61 Å². The molecule has 0 radical (unpaired) electrons. The van der Waals surface area contributed by atoms with Crippen molar-refractivity contribution in [2.45, 2.75) is 18.9 Å². The Morgan fingerprint density at radius 3 is 2.67 bits per heavy atom. The second-order valence-electron chi connectivity index (χ2n) is 3.38. The first-order valence-electron chi connectivity index (χ1n) is 4.95. The van der Waals surface area contributed by atoms with Crippen molar-refractivity contribution in [2.75, 3.05) is 6.61 Å². The lowest BCUT2D eigenvalue weighted by molar-refractivity contribution is -0.174. The molecule has 0 amide bonds. The van der Waals surface area contributed by atoms with Crippen LogP contribution in [0, 0.1) is 0 Å². The minimum absolute atomic E-state index is 0. The predicted octanol–water partition coefficient (Wildman–Crippen LogP) is 2.96. The first kappa shape index (κ1) is 17.1. The lowest BCUT2D eigenvalue weighted by Crippen LogP contribution is -2.41. The number of carbonyl (C=O) groups excluding carboxylic acids is 1. The van der Waals surface area contributed by atoms with Crippen molar-refractivity contribution in [2.24, 2.45) is 5.73 Å². The van der Waals surface area contributed by atoms with Gasteiger partial charge >= 0.3 is 11.9 Å². The second kappa shape index (κ2) is 6.87. The van der Waals surface area contributed by atoms with Crippen molar-refractivity contribution in [3.05, 3.63) is 34.9 Å². The van der Waals surface area contributed by atoms with Gasteiger partial charge in [0, 0.05) is 5.02 Å². The fraction of sp³-hybridized carbons (Fsp3) is 0.364. The first-order valence-corrected chi connectivity index (χ1v) is 5.33. The van der Waals surface area contributed by atoms with Gasteiger partial charge < -0.3 is 10.5 Å². The highest BCUT2D eigenvalue weighted by atomic mass is 35.5. The molecule has 1 atom stereocenters. The largest absolute Gasteiger partial charge is 0.462 e. The van der Waals surface area contributed by atoms with E-state index in [0.717, 1.165) is 0 Å². The Bertz CT molecular complexity index is 416. The highest BCUT2D eigenvalue weighted by molar-refractivity contribution is 6.30. The summed E-state index contributed by atoms with van der Waals surface area (Å²) in [5.74, 6) is -5.41. The summed E-state index contributed by atoms with van der Waals surface area (Å²) >= 11 is 5.66. The van der Waals surface area contributed by atoms with E-state index in [4.69, 9.17) is 17.3 Å². The van der Waals surface area contributed by atoms with E-state index < -0.39 is 17.9 Å². The van der Waals surface area contributed by atoms with Crippen LogP contribution in [-0.4, -0.2) is 18.5 Å². The number of halogens is 4. The zero-order valence-corrected chi connectivity index (χ0v) is 11.1. The summed E-state index contributed by atoms with van der Waals surface area (Å²) in [6.07, 6.45) is 0. The molecule has 0 heterocycles. The number of nitrogens with two attached hydrogens (primary N) is 1. The number of benzene rings is 1. The third kappa shape index (κ3) is 3.80. The van der Waals surface area contributed by atoms with Crippen molar-refractivity contribution in [3.63, 3.8) is 0 Å². The van der Waals surface area contributed by atoms with Crippen molar-refractivity contribution in [3.8, 4) is 0 Å². The van der Waals surface area contributed by atoms with Crippen molar-refractivity contribution in [1.82, 2.24) is 0 Å². The molecule has 1 aromatic rings. The zero-order valence-electron chi connectivity index (χ0n) is 9.53. The van der Waals surface area contributed by atoms with Gasteiger partial charge in [-0.25, -0.2) is 4.79 Å². The molecule has 0 aliphatic rings. The van der Waals surface area contributed by atoms with Gasteiger partial charge in [-0.05, 0) is 24.6 Å². The molecule has 0 aliphatic carbocycles. The minimum atomic E-state index is -3.78. The van der Waals surface area contributed by atoms with Gasteiger partial charge in [-0.2, -0.15) is 8.78 Å². The van der Waals surface area contributed by atoms with Crippen LogP contribution < -0.4 is 5.73 Å². The quantitative estimate of drug-likeness (QED) is 0.870. The molecule has 0 unspecified atom stereocenters. The number of ether oxygens (including phenoxy) is 1. The molecule has 0 aliphatic heterocycles. The summed E-state index contributed by atoms with van der Waals surface area (Å²) in [4.78, 5) is 11.1. The summed E-state index contributed by atoms with van der Waals surface area (Å²) in [5.41, 5.74) is 5.44. The molecule has 3 nitrogen and oxygen atoms in total. The third-order valence-electron chi connectivity index (χ3n) is 2.15. The van der Waals surface area contributed by atoms with Crippen LogP contribution in [0.15, 0.2) is 24.3 Å². The number of hydrogen-bond acceptors (Lipinski definition) is 3. The zero-order chi connectivity index (χ0) is 13.1. The minimum Gasteiger partial charge on any atom is -0.462 e. The van der Waals surface area contributed by atoms with Gasteiger partial charge in [0.15, 0.2) is 0 Å². The van der Waals surface area contributed by atoms with Crippen LogP contribution in [-0.2, 0) is 9.53 Å². The SMILES string of the molecule is CCOC(=O)C(F)(F)[C@@H](N)c1cccc(Cl)c1.Cl. The molecule has 0 spiro atoms. The maximum absolute atomic E-state index is 13.6. The molecular formula is C11H13Cl2F2NO2.